The monoisotopic (exact) mass is 197 g/mol. The van der Waals surface area contributed by atoms with Gasteiger partial charge in [-0.3, -0.25) is 0 Å². The van der Waals surface area contributed by atoms with Crippen LogP contribution in [0.5, 0.6) is 0 Å². The normalized spacial score (nSPS) is 13.7. The van der Waals surface area contributed by atoms with Crippen LogP contribution in [0, 0.1) is 0 Å². The number of aliphatic hydroxyl groups is 1. The van der Waals surface area contributed by atoms with E-state index in [2.05, 4.69) is 4.98 Å². The lowest BCUT2D eigenvalue weighted by Crippen LogP contribution is -2.07. The second-order valence-corrected chi connectivity index (χ2v) is 3.09. The van der Waals surface area contributed by atoms with Crippen LogP contribution in [0.4, 0.5) is 8.78 Å². The number of alkyl halides is 2. The summed E-state index contributed by atoms with van der Waals surface area (Å²) in [5.74, 6) is 0. The van der Waals surface area contributed by atoms with Gasteiger partial charge in [0.15, 0.2) is 6.10 Å². The molecule has 0 aliphatic carbocycles. The summed E-state index contributed by atoms with van der Waals surface area (Å²) >= 11 is 0. The standard InChI is InChI=1S/C10H9F2NO/c11-10(12)9(14)8-5-6-3-1-2-4-7(6)13-8/h1-5,9-10,13-14H. The van der Waals surface area contributed by atoms with Gasteiger partial charge in [0, 0.05) is 5.52 Å². The zero-order valence-electron chi connectivity index (χ0n) is 7.24. The van der Waals surface area contributed by atoms with Gasteiger partial charge in [-0.05, 0) is 17.5 Å². The second kappa shape index (κ2) is 3.38. The Hall–Kier alpha value is -1.42. The van der Waals surface area contributed by atoms with Gasteiger partial charge in [0.05, 0.1) is 5.69 Å². The van der Waals surface area contributed by atoms with Gasteiger partial charge in [0.25, 0.3) is 6.43 Å². The van der Waals surface area contributed by atoms with Crippen LogP contribution in [0.15, 0.2) is 30.3 Å². The highest BCUT2D eigenvalue weighted by molar-refractivity contribution is 5.80. The summed E-state index contributed by atoms with van der Waals surface area (Å²) in [5, 5.41) is 9.94. The van der Waals surface area contributed by atoms with E-state index >= 15 is 0 Å². The maximum absolute atomic E-state index is 12.2. The summed E-state index contributed by atoms with van der Waals surface area (Å²) in [6, 6.07) is 8.72. The predicted molar refractivity (Wildman–Crippen MR) is 49.3 cm³/mol. The molecule has 0 spiro atoms. The number of aliphatic hydroxyl groups excluding tert-OH is 1. The zero-order valence-corrected chi connectivity index (χ0v) is 7.24. The molecule has 2 rings (SSSR count). The Bertz CT molecular complexity index is 405. The summed E-state index contributed by atoms with van der Waals surface area (Å²) in [5.41, 5.74) is 0.906. The molecule has 2 N–H and O–H groups in total. The maximum atomic E-state index is 12.2. The van der Waals surface area contributed by atoms with Gasteiger partial charge in [0.1, 0.15) is 0 Å². The lowest BCUT2D eigenvalue weighted by Gasteiger charge is -2.05. The van der Waals surface area contributed by atoms with Crippen molar-refractivity contribution in [2.75, 3.05) is 0 Å². The number of aromatic nitrogens is 1. The van der Waals surface area contributed by atoms with E-state index in [0.717, 1.165) is 10.9 Å². The molecule has 74 valence electrons. The van der Waals surface area contributed by atoms with Crippen molar-refractivity contribution in [3.05, 3.63) is 36.0 Å². The lowest BCUT2D eigenvalue weighted by atomic mass is 10.2. The topological polar surface area (TPSA) is 36.0 Å². The lowest BCUT2D eigenvalue weighted by molar-refractivity contribution is -0.00779. The van der Waals surface area contributed by atoms with Crippen molar-refractivity contribution in [2.45, 2.75) is 12.5 Å². The molecule has 0 amide bonds. The molecular weight excluding hydrogens is 188 g/mol. The van der Waals surface area contributed by atoms with E-state index in [1.807, 2.05) is 6.07 Å². The molecular formula is C10H9F2NO. The van der Waals surface area contributed by atoms with Crippen LogP contribution in [0.25, 0.3) is 10.9 Å². The van der Waals surface area contributed by atoms with E-state index in [9.17, 15) is 8.78 Å². The number of aromatic amines is 1. The third kappa shape index (κ3) is 1.48. The molecule has 0 saturated heterocycles. The molecule has 1 unspecified atom stereocenters. The van der Waals surface area contributed by atoms with Crippen LogP contribution in [0.3, 0.4) is 0 Å². The van der Waals surface area contributed by atoms with Crippen molar-refractivity contribution in [3.8, 4) is 0 Å². The summed E-state index contributed by atoms with van der Waals surface area (Å²) in [6.45, 7) is 0. The quantitative estimate of drug-likeness (QED) is 0.762. The van der Waals surface area contributed by atoms with Crippen molar-refractivity contribution < 1.29 is 13.9 Å². The van der Waals surface area contributed by atoms with Crippen molar-refractivity contribution in [2.24, 2.45) is 0 Å². The molecule has 0 fully saturated rings. The molecule has 0 saturated carbocycles. The molecule has 0 aliphatic heterocycles. The number of H-pyrrole nitrogens is 1. The molecule has 4 heteroatoms. The van der Waals surface area contributed by atoms with Crippen LogP contribution < -0.4 is 0 Å². The molecule has 1 aromatic carbocycles. The number of hydrogen-bond acceptors (Lipinski definition) is 1. The Kier molecular flexibility index (Phi) is 2.21. The van der Waals surface area contributed by atoms with Gasteiger partial charge in [-0.2, -0.15) is 0 Å². The first-order chi connectivity index (χ1) is 6.68. The minimum absolute atomic E-state index is 0.154. The molecule has 1 atom stereocenters. The Labute approximate surface area is 79.2 Å². The third-order valence-corrected chi connectivity index (χ3v) is 2.11. The van der Waals surface area contributed by atoms with Gasteiger partial charge >= 0.3 is 0 Å². The minimum atomic E-state index is -2.76. The Morgan fingerprint density at radius 3 is 2.57 bits per heavy atom. The highest BCUT2D eigenvalue weighted by Gasteiger charge is 2.20. The summed E-state index contributed by atoms with van der Waals surface area (Å²) in [7, 11) is 0. The highest BCUT2D eigenvalue weighted by Crippen LogP contribution is 2.23. The van der Waals surface area contributed by atoms with Crippen LogP contribution in [-0.4, -0.2) is 16.5 Å². The summed E-state index contributed by atoms with van der Waals surface area (Å²) < 4.78 is 24.3. The van der Waals surface area contributed by atoms with Gasteiger partial charge < -0.3 is 10.1 Å². The predicted octanol–water partition coefficient (Wildman–Crippen LogP) is 2.47. The van der Waals surface area contributed by atoms with Gasteiger partial charge in [-0.1, -0.05) is 18.2 Å². The number of rotatable bonds is 2. The molecule has 1 heterocycles. The van der Waals surface area contributed by atoms with E-state index in [-0.39, 0.29) is 5.69 Å². The van der Waals surface area contributed by atoms with E-state index < -0.39 is 12.5 Å². The van der Waals surface area contributed by atoms with Gasteiger partial charge in [-0.25, -0.2) is 8.78 Å². The van der Waals surface area contributed by atoms with Crippen molar-refractivity contribution in [1.29, 1.82) is 0 Å². The number of halogens is 2. The third-order valence-electron chi connectivity index (χ3n) is 2.11. The number of nitrogens with one attached hydrogen (secondary N) is 1. The average Bonchev–Trinajstić information content (AvgIpc) is 2.59. The summed E-state index contributed by atoms with van der Waals surface area (Å²) in [6.07, 6.45) is -4.49. The maximum Gasteiger partial charge on any atom is 0.269 e. The number of fused-ring (bicyclic) bond motifs is 1. The van der Waals surface area contributed by atoms with E-state index in [4.69, 9.17) is 5.11 Å². The Balaban J connectivity index is 2.45. The zero-order chi connectivity index (χ0) is 10.1. The van der Waals surface area contributed by atoms with E-state index in [1.165, 1.54) is 6.07 Å². The fourth-order valence-electron chi connectivity index (χ4n) is 1.39. The van der Waals surface area contributed by atoms with E-state index in [0.29, 0.717) is 0 Å². The van der Waals surface area contributed by atoms with Crippen molar-refractivity contribution >= 4 is 10.9 Å². The van der Waals surface area contributed by atoms with Crippen molar-refractivity contribution in [3.63, 3.8) is 0 Å². The average molecular weight is 197 g/mol. The second-order valence-electron chi connectivity index (χ2n) is 3.09. The highest BCUT2D eigenvalue weighted by atomic mass is 19.3. The molecule has 0 aliphatic rings. The van der Waals surface area contributed by atoms with Crippen LogP contribution in [0.2, 0.25) is 0 Å². The first-order valence-electron chi connectivity index (χ1n) is 4.22. The SMILES string of the molecule is OC(c1cc2ccccc2[nH]1)C(F)F. The molecule has 2 aromatic rings. The Morgan fingerprint density at radius 2 is 1.93 bits per heavy atom. The molecule has 0 radical (unpaired) electrons. The fraction of sp³-hybridized carbons (Fsp3) is 0.200. The fourth-order valence-corrected chi connectivity index (χ4v) is 1.39. The number of hydrogen-bond donors (Lipinski definition) is 2. The van der Waals surface area contributed by atoms with Crippen LogP contribution in [0.1, 0.15) is 11.8 Å². The van der Waals surface area contributed by atoms with Crippen molar-refractivity contribution in [1.82, 2.24) is 4.98 Å². The van der Waals surface area contributed by atoms with Gasteiger partial charge in [0.2, 0.25) is 0 Å². The number of para-hydroxylation sites is 1. The van der Waals surface area contributed by atoms with Crippen LogP contribution >= 0.6 is 0 Å². The molecule has 2 nitrogen and oxygen atoms in total. The first kappa shape index (κ1) is 9.15. The Morgan fingerprint density at radius 1 is 1.21 bits per heavy atom. The molecule has 14 heavy (non-hydrogen) atoms. The van der Waals surface area contributed by atoms with E-state index in [1.54, 1.807) is 18.2 Å². The van der Waals surface area contributed by atoms with Gasteiger partial charge in [-0.15, -0.1) is 0 Å². The smallest absolute Gasteiger partial charge is 0.269 e. The summed E-state index contributed by atoms with van der Waals surface area (Å²) in [4.78, 5) is 2.75. The number of benzene rings is 1. The largest absolute Gasteiger partial charge is 0.381 e. The first-order valence-corrected chi connectivity index (χ1v) is 4.22. The molecule has 0 bridgehead atoms. The minimum Gasteiger partial charge on any atom is -0.381 e. The molecule has 1 aromatic heterocycles. The van der Waals surface area contributed by atoms with Crippen LogP contribution in [-0.2, 0) is 0 Å².